The molecular formula is C70H124O6. The number of esters is 3. The highest BCUT2D eigenvalue weighted by atomic mass is 16.6. The second kappa shape index (κ2) is 64.4. The molecule has 0 aromatic heterocycles. The largest absolute Gasteiger partial charge is 0.462 e. The molecule has 0 heterocycles. The van der Waals surface area contributed by atoms with Gasteiger partial charge in [0.2, 0.25) is 0 Å². The van der Waals surface area contributed by atoms with Crippen molar-refractivity contribution in [2.45, 2.75) is 341 Å². The van der Waals surface area contributed by atoms with Gasteiger partial charge in [0, 0.05) is 19.3 Å². The smallest absolute Gasteiger partial charge is 0.306 e. The lowest BCUT2D eigenvalue weighted by Crippen LogP contribution is -2.30. The van der Waals surface area contributed by atoms with E-state index < -0.39 is 6.10 Å². The van der Waals surface area contributed by atoms with Gasteiger partial charge in [-0.2, -0.15) is 0 Å². The lowest BCUT2D eigenvalue weighted by Gasteiger charge is -2.18. The monoisotopic (exact) mass is 1060 g/mol. The lowest BCUT2D eigenvalue weighted by atomic mass is 10.0. The third kappa shape index (κ3) is 61.7. The molecule has 0 aromatic rings. The van der Waals surface area contributed by atoms with Crippen LogP contribution < -0.4 is 0 Å². The second-order valence-corrected chi connectivity index (χ2v) is 22.0. The van der Waals surface area contributed by atoms with Crippen LogP contribution in [-0.2, 0) is 28.6 Å². The number of unbranched alkanes of at least 4 members (excludes halogenated alkanes) is 37. The van der Waals surface area contributed by atoms with Crippen molar-refractivity contribution >= 4 is 17.9 Å². The van der Waals surface area contributed by atoms with Gasteiger partial charge < -0.3 is 14.2 Å². The summed E-state index contributed by atoms with van der Waals surface area (Å²) in [6, 6.07) is 0. The SMILES string of the molecule is CC/C=C\C/C=C\C/C=C\C/C=C\C/C=C\CCCCCCCCCCCCCCCC(=O)OCC(COC(=O)CCCCCCC/C=C\CCCCC)OC(=O)CCCCCCCCCCCCCCCCCCC. The Bertz CT molecular complexity index is 1400. The van der Waals surface area contributed by atoms with Crippen LogP contribution in [0.5, 0.6) is 0 Å². The van der Waals surface area contributed by atoms with Crippen LogP contribution in [0.15, 0.2) is 72.9 Å². The fraction of sp³-hybridized carbons (Fsp3) is 0.786. The summed E-state index contributed by atoms with van der Waals surface area (Å²) in [6.45, 7) is 6.54. The molecule has 0 aromatic carbocycles. The van der Waals surface area contributed by atoms with Gasteiger partial charge >= 0.3 is 17.9 Å². The summed E-state index contributed by atoms with van der Waals surface area (Å²) in [6.07, 6.45) is 83.5. The third-order valence-electron chi connectivity index (χ3n) is 14.4. The molecule has 0 amide bonds. The van der Waals surface area contributed by atoms with Gasteiger partial charge in [-0.1, -0.05) is 299 Å². The minimum atomic E-state index is -0.776. The van der Waals surface area contributed by atoms with Gasteiger partial charge in [-0.25, -0.2) is 0 Å². The molecule has 0 radical (unpaired) electrons. The number of carbonyl (C=O) groups excluding carboxylic acids is 3. The van der Waals surface area contributed by atoms with E-state index in [1.165, 1.54) is 199 Å². The Morgan fingerprint density at radius 1 is 0.276 bits per heavy atom. The van der Waals surface area contributed by atoms with Gasteiger partial charge in [0.25, 0.3) is 0 Å². The van der Waals surface area contributed by atoms with Crippen molar-refractivity contribution in [2.75, 3.05) is 13.2 Å². The summed E-state index contributed by atoms with van der Waals surface area (Å²) in [5, 5.41) is 0. The van der Waals surface area contributed by atoms with Crippen LogP contribution >= 0.6 is 0 Å². The first-order chi connectivity index (χ1) is 37.5. The minimum Gasteiger partial charge on any atom is -0.462 e. The average Bonchev–Trinajstić information content (AvgIpc) is 3.42. The first-order valence-electron chi connectivity index (χ1n) is 32.9. The molecule has 6 nitrogen and oxygen atoms in total. The predicted molar refractivity (Wildman–Crippen MR) is 330 cm³/mol. The summed E-state index contributed by atoms with van der Waals surface area (Å²) in [4.78, 5) is 38.3. The van der Waals surface area contributed by atoms with Gasteiger partial charge in [0.1, 0.15) is 13.2 Å². The van der Waals surface area contributed by atoms with E-state index in [2.05, 4.69) is 93.7 Å². The topological polar surface area (TPSA) is 78.9 Å². The molecule has 0 aliphatic heterocycles. The van der Waals surface area contributed by atoms with Crippen molar-refractivity contribution in [3.05, 3.63) is 72.9 Å². The van der Waals surface area contributed by atoms with E-state index in [0.717, 1.165) is 96.3 Å². The Morgan fingerprint density at radius 2 is 0.513 bits per heavy atom. The number of rotatable bonds is 60. The standard InChI is InChI=1S/C70H124O6/c1-4-7-10-13-16-19-22-25-27-29-30-31-32-33-34-35-36-37-38-39-40-42-43-45-48-51-54-57-60-63-69(72)75-66-67(65-74-68(71)62-59-56-53-50-47-24-21-18-15-12-9-6-3)76-70(73)64-61-58-55-52-49-46-44-41-28-26-23-20-17-14-11-8-5-2/h7,10,16,18-19,21,25,27,30-31,33-34,67H,4-6,8-9,11-15,17,20,22-24,26,28-29,32,35-66H2,1-3H3/b10-7-,19-16-,21-18-,27-25-,31-30-,34-33-. The first kappa shape index (κ1) is 72.8. The van der Waals surface area contributed by atoms with Crippen LogP contribution in [0, 0.1) is 0 Å². The molecule has 0 fully saturated rings. The predicted octanol–water partition coefficient (Wildman–Crippen LogP) is 22.5. The van der Waals surface area contributed by atoms with E-state index in [4.69, 9.17) is 14.2 Å². The molecule has 1 atom stereocenters. The normalized spacial score (nSPS) is 12.5. The maximum atomic E-state index is 12.9. The molecule has 0 aliphatic rings. The molecule has 76 heavy (non-hydrogen) atoms. The quantitative estimate of drug-likeness (QED) is 0.0261. The van der Waals surface area contributed by atoms with Crippen LogP contribution in [0.2, 0.25) is 0 Å². The molecule has 0 rings (SSSR count). The zero-order valence-electron chi connectivity index (χ0n) is 50.5. The van der Waals surface area contributed by atoms with Crippen molar-refractivity contribution in [3.8, 4) is 0 Å². The highest BCUT2D eigenvalue weighted by Gasteiger charge is 2.19. The Labute approximate surface area is 472 Å². The Balaban J connectivity index is 4.21. The number of carbonyl (C=O) groups is 3. The Kier molecular flexibility index (Phi) is 61.7. The zero-order chi connectivity index (χ0) is 55.0. The van der Waals surface area contributed by atoms with Crippen molar-refractivity contribution in [3.63, 3.8) is 0 Å². The van der Waals surface area contributed by atoms with Crippen molar-refractivity contribution in [2.24, 2.45) is 0 Å². The van der Waals surface area contributed by atoms with Gasteiger partial charge in [-0.15, -0.1) is 0 Å². The summed E-state index contributed by atoms with van der Waals surface area (Å²) in [7, 11) is 0. The van der Waals surface area contributed by atoms with Crippen LogP contribution in [-0.4, -0.2) is 37.2 Å². The minimum absolute atomic E-state index is 0.0744. The highest BCUT2D eigenvalue weighted by Crippen LogP contribution is 2.17. The summed E-state index contributed by atoms with van der Waals surface area (Å²) in [5.74, 6) is -0.866. The van der Waals surface area contributed by atoms with E-state index in [0.29, 0.717) is 19.3 Å². The molecule has 6 heteroatoms. The Hall–Kier alpha value is -3.15. The fourth-order valence-corrected chi connectivity index (χ4v) is 9.53. The molecule has 0 saturated heterocycles. The van der Waals surface area contributed by atoms with Gasteiger partial charge in [0.15, 0.2) is 6.10 Å². The van der Waals surface area contributed by atoms with Gasteiger partial charge in [-0.05, 0) is 89.9 Å². The second-order valence-electron chi connectivity index (χ2n) is 22.0. The van der Waals surface area contributed by atoms with Crippen molar-refractivity contribution in [1.29, 1.82) is 0 Å². The Morgan fingerprint density at radius 3 is 0.842 bits per heavy atom. The van der Waals surface area contributed by atoms with Gasteiger partial charge in [0.05, 0.1) is 0 Å². The van der Waals surface area contributed by atoms with Crippen molar-refractivity contribution in [1.82, 2.24) is 0 Å². The average molecular weight is 1060 g/mol. The van der Waals surface area contributed by atoms with Gasteiger partial charge in [-0.3, -0.25) is 14.4 Å². The van der Waals surface area contributed by atoms with Crippen LogP contribution in [0.25, 0.3) is 0 Å². The summed E-state index contributed by atoms with van der Waals surface area (Å²) in [5.41, 5.74) is 0. The van der Waals surface area contributed by atoms with Crippen molar-refractivity contribution < 1.29 is 28.6 Å². The number of hydrogen-bond donors (Lipinski definition) is 0. The van der Waals surface area contributed by atoms with Crippen LogP contribution in [0.4, 0.5) is 0 Å². The number of hydrogen-bond acceptors (Lipinski definition) is 6. The maximum absolute atomic E-state index is 12.9. The number of allylic oxidation sites excluding steroid dienone is 12. The summed E-state index contributed by atoms with van der Waals surface area (Å²) < 4.78 is 16.9. The molecule has 0 bridgehead atoms. The van der Waals surface area contributed by atoms with E-state index in [-0.39, 0.29) is 31.1 Å². The number of ether oxygens (including phenoxy) is 3. The third-order valence-corrected chi connectivity index (χ3v) is 14.4. The highest BCUT2D eigenvalue weighted by molar-refractivity contribution is 5.71. The first-order valence-corrected chi connectivity index (χ1v) is 32.9. The molecule has 440 valence electrons. The van der Waals surface area contributed by atoms with E-state index >= 15 is 0 Å². The molecule has 0 saturated carbocycles. The molecule has 0 N–H and O–H groups in total. The van der Waals surface area contributed by atoms with E-state index in [1.54, 1.807) is 0 Å². The zero-order valence-corrected chi connectivity index (χ0v) is 50.5. The molecule has 1 unspecified atom stereocenters. The van der Waals surface area contributed by atoms with E-state index in [1.807, 2.05) is 0 Å². The van der Waals surface area contributed by atoms with Crippen LogP contribution in [0.1, 0.15) is 335 Å². The fourth-order valence-electron chi connectivity index (χ4n) is 9.53. The van der Waals surface area contributed by atoms with E-state index in [9.17, 15) is 14.4 Å². The molecule has 0 spiro atoms. The lowest BCUT2D eigenvalue weighted by molar-refractivity contribution is -0.167. The summed E-state index contributed by atoms with van der Waals surface area (Å²) >= 11 is 0. The molecular weight excluding hydrogens is 937 g/mol. The van der Waals surface area contributed by atoms with Crippen LogP contribution in [0.3, 0.4) is 0 Å². The molecule has 0 aliphatic carbocycles. The maximum Gasteiger partial charge on any atom is 0.306 e.